The number of rotatable bonds is 9. The Bertz CT molecular complexity index is 767. The van der Waals surface area contributed by atoms with Gasteiger partial charge < -0.3 is 15.9 Å². The van der Waals surface area contributed by atoms with Crippen LogP contribution in [0.15, 0.2) is 42.5 Å². The van der Waals surface area contributed by atoms with E-state index >= 15 is 0 Å². The minimum Gasteiger partial charge on any atom is -0.507 e. The number of nitrogens with two attached hydrogens (primary N) is 1. The molecule has 0 saturated carbocycles. The molecule has 0 aliphatic carbocycles. The molecule has 0 unspecified atom stereocenters. The summed E-state index contributed by atoms with van der Waals surface area (Å²) in [5.74, 6) is -1.78. The van der Waals surface area contributed by atoms with Crippen molar-refractivity contribution in [2.24, 2.45) is 5.73 Å². The minimum absolute atomic E-state index is 0.0699. The van der Waals surface area contributed by atoms with E-state index in [0.717, 1.165) is 24.9 Å². The normalized spacial score (nSPS) is 10.1. The molecule has 0 aromatic heterocycles. The van der Waals surface area contributed by atoms with Gasteiger partial charge in [-0.15, -0.1) is 0 Å². The molecule has 0 aliphatic rings. The number of hydrogen-bond acceptors (Lipinski definition) is 4. The van der Waals surface area contributed by atoms with Crippen LogP contribution in [0.3, 0.4) is 0 Å². The van der Waals surface area contributed by atoms with Gasteiger partial charge in [0.15, 0.2) is 5.78 Å². The lowest BCUT2D eigenvalue weighted by Gasteiger charge is -2.08. The quantitative estimate of drug-likeness (QED) is 0.425. The molecule has 5 heteroatoms. The number of carbonyl (C=O) groups is 2. The molecule has 0 spiro atoms. The molecule has 152 valence electrons. The molecule has 4 N–H and O–H groups in total. The Balaban J connectivity index is 0.000000480. The Morgan fingerprint density at radius 1 is 0.893 bits per heavy atom. The van der Waals surface area contributed by atoms with Gasteiger partial charge in [0.1, 0.15) is 5.75 Å². The molecule has 0 bridgehead atoms. The summed E-state index contributed by atoms with van der Waals surface area (Å²) in [6, 6.07) is 10.9. The largest absolute Gasteiger partial charge is 0.507 e. The second-order valence-corrected chi connectivity index (χ2v) is 6.63. The second-order valence-electron chi connectivity index (χ2n) is 6.63. The Hall–Kier alpha value is -2.66. The number of ketones is 1. The summed E-state index contributed by atoms with van der Waals surface area (Å²) in [6.45, 7) is 5.09. The number of phenols is 1. The van der Waals surface area contributed by atoms with Gasteiger partial charge in [-0.1, -0.05) is 63.8 Å². The third-order valence-corrected chi connectivity index (χ3v) is 4.31. The lowest BCUT2D eigenvalue weighted by molar-refractivity contribution is 0.0692. The molecule has 0 radical (unpaired) electrons. The highest BCUT2D eigenvalue weighted by Crippen LogP contribution is 2.24. The third-order valence-electron chi connectivity index (χ3n) is 4.31. The predicted octanol–water partition coefficient (Wildman–Crippen LogP) is 4.80. The third kappa shape index (κ3) is 7.16. The van der Waals surface area contributed by atoms with Crippen LogP contribution >= 0.6 is 0 Å². The van der Waals surface area contributed by atoms with Gasteiger partial charge in [-0.3, -0.25) is 4.79 Å². The number of phenolic OH excluding ortho intramolecular Hbond substituents is 1. The van der Waals surface area contributed by atoms with Crippen LogP contribution in [0.2, 0.25) is 0 Å². The topological polar surface area (TPSA) is 101 Å². The zero-order valence-corrected chi connectivity index (χ0v) is 16.8. The summed E-state index contributed by atoms with van der Waals surface area (Å²) in [7, 11) is 0. The molecule has 0 atom stereocenters. The van der Waals surface area contributed by atoms with Crippen molar-refractivity contribution in [1.29, 1.82) is 0 Å². The zero-order chi connectivity index (χ0) is 20.9. The summed E-state index contributed by atoms with van der Waals surface area (Å²) in [5, 5.41) is 19.1. The van der Waals surface area contributed by atoms with Crippen molar-refractivity contribution >= 4 is 11.8 Å². The lowest BCUT2D eigenvalue weighted by atomic mass is 9.96. The summed E-state index contributed by atoms with van der Waals surface area (Å²) in [5.41, 5.74) is 6.33. The fraction of sp³-hybridized carbons (Fsp3) is 0.391. The Morgan fingerprint density at radius 2 is 1.57 bits per heavy atom. The minimum atomic E-state index is -1.17. The molecule has 2 rings (SSSR count). The molecule has 2 aromatic carbocycles. The van der Waals surface area contributed by atoms with E-state index in [0.29, 0.717) is 0 Å². The van der Waals surface area contributed by atoms with Crippen molar-refractivity contribution < 1.29 is 19.8 Å². The van der Waals surface area contributed by atoms with Crippen molar-refractivity contribution in [1.82, 2.24) is 0 Å². The molecular formula is C23H31NO4. The van der Waals surface area contributed by atoms with Crippen molar-refractivity contribution in [2.75, 3.05) is 6.54 Å². The van der Waals surface area contributed by atoms with E-state index in [1.807, 2.05) is 6.92 Å². The molecule has 0 saturated heterocycles. The molecule has 2 aromatic rings. The lowest BCUT2D eigenvalue weighted by Crippen LogP contribution is -2.09. The summed E-state index contributed by atoms with van der Waals surface area (Å²) < 4.78 is 0. The summed E-state index contributed by atoms with van der Waals surface area (Å²) in [4.78, 5) is 23.6. The van der Waals surface area contributed by atoms with E-state index in [1.54, 1.807) is 30.3 Å². The number of aromatic carboxylic acids is 1. The molecule has 0 fully saturated rings. The number of carboxylic acids is 1. The van der Waals surface area contributed by atoms with Crippen LogP contribution < -0.4 is 5.73 Å². The monoisotopic (exact) mass is 385 g/mol. The SMILES string of the molecule is CCCCCCN.CCCc1ccc(C(=O)c2ccccc2C(=O)O)c(O)c1. The first-order valence-corrected chi connectivity index (χ1v) is 9.85. The standard InChI is InChI=1S/C17H16O4.C6H15N/c1-2-5-11-8-9-14(15(18)10-11)16(19)12-6-3-4-7-13(12)17(20)21;1-2-3-4-5-6-7/h3-4,6-10,18H,2,5H2,1H3,(H,20,21);2-7H2,1H3. The second kappa shape index (κ2) is 12.7. The van der Waals surface area contributed by atoms with Crippen LogP contribution in [-0.2, 0) is 6.42 Å². The van der Waals surface area contributed by atoms with E-state index in [4.69, 9.17) is 10.8 Å². The highest BCUT2D eigenvalue weighted by molar-refractivity contribution is 6.15. The van der Waals surface area contributed by atoms with Gasteiger partial charge in [-0.05, 0) is 43.1 Å². The van der Waals surface area contributed by atoms with E-state index in [2.05, 4.69) is 6.92 Å². The number of aryl methyl sites for hydroxylation is 1. The van der Waals surface area contributed by atoms with Gasteiger partial charge in [-0.25, -0.2) is 4.79 Å². The van der Waals surface area contributed by atoms with Gasteiger partial charge in [-0.2, -0.15) is 0 Å². The number of carboxylic acid groups (broad SMARTS) is 1. The van der Waals surface area contributed by atoms with E-state index in [-0.39, 0.29) is 22.4 Å². The highest BCUT2D eigenvalue weighted by Gasteiger charge is 2.19. The van der Waals surface area contributed by atoms with E-state index in [1.165, 1.54) is 37.8 Å². The first-order chi connectivity index (χ1) is 13.5. The van der Waals surface area contributed by atoms with Gasteiger partial charge in [0.05, 0.1) is 11.1 Å². The Morgan fingerprint density at radius 3 is 2.11 bits per heavy atom. The van der Waals surface area contributed by atoms with Crippen LogP contribution in [0.1, 0.15) is 77.8 Å². The van der Waals surface area contributed by atoms with Crippen LogP contribution in [0.25, 0.3) is 0 Å². The number of carbonyl (C=O) groups excluding carboxylic acids is 1. The average molecular weight is 386 g/mol. The molecule has 5 nitrogen and oxygen atoms in total. The number of benzene rings is 2. The molecule has 28 heavy (non-hydrogen) atoms. The van der Waals surface area contributed by atoms with Gasteiger partial charge in [0.25, 0.3) is 0 Å². The van der Waals surface area contributed by atoms with Crippen molar-refractivity contribution in [2.45, 2.75) is 52.4 Å². The number of hydrogen-bond donors (Lipinski definition) is 3. The van der Waals surface area contributed by atoms with Gasteiger partial charge in [0, 0.05) is 5.56 Å². The Labute approximate surface area is 167 Å². The van der Waals surface area contributed by atoms with Crippen LogP contribution in [0, 0.1) is 0 Å². The number of aromatic hydroxyl groups is 1. The van der Waals surface area contributed by atoms with E-state index < -0.39 is 11.8 Å². The molecule has 0 amide bonds. The summed E-state index contributed by atoms with van der Waals surface area (Å²) >= 11 is 0. The van der Waals surface area contributed by atoms with E-state index in [9.17, 15) is 14.7 Å². The van der Waals surface area contributed by atoms with Crippen LogP contribution in [0.5, 0.6) is 5.75 Å². The van der Waals surface area contributed by atoms with Crippen LogP contribution in [0.4, 0.5) is 0 Å². The zero-order valence-electron chi connectivity index (χ0n) is 16.8. The first-order valence-electron chi connectivity index (χ1n) is 9.85. The maximum Gasteiger partial charge on any atom is 0.336 e. The molecule has 0 aliphatic heterocycles. The van der Waals surface area contributed by atoms with Crippen LogP contribution in [-0.4, -0.2) is 28.5 Å². The summed E-state index contributed by atoms with van der Waals surface area (Å²) in [6.07, 6.45) is 6.92. The molecule has 0 heterocycles. The maximum absolute atomic E-state index is 12.4. The fourth-order valence-electron chi connectivity index (χ4n) is 2.80. The highest BCUT2D eigenvalue weighted by atomic mass is 16.4. The van der Waals surface area contributed by atoms with Gasteiger partial charge >= 0.3 is 5.97 Å². The maximum atomic E-state index is 12.4. The van der Waals surface area contributed by atoms with Gasteiger partial charge in [0.2, 0.25) is 0 Å². The van der Waals surface area contributed by atoms with Crippen molar-refractivity contribution in [3.8, 4) is 5.75 Å². The smallest absolute Gasteiger partial charge is 0.336 e. The molecular weight excluding hydrogens is 354 g/mol. The first kappa shape index (κ1) is 23.4. The van der Waals surface area contributed by atoms with Crippen molar-refractivity contribution in [3.63, 3.8) is 0 Å². The Kier molecular flexibility index (Phi) is 10.6. The van der Waals surface area contributed by atoms with Crippen molar-refractivity contribution in [3.05, 3.63) is 64.7 Å². The predicted molar refractivity (Wildman–Crippen MR) is 112 cm³/mol. The fourth-order valence-corrected chi connectivity index (χ4v) is 2.80. The number of unbranched alkanes of at least 4 members (excludes halogenated alkanes) is 3. The average Bonchev–Trinajstić information content (AvgIpc) is 2.69.